The topological polar surface area (TPSA) is 110 Å². The number of halogens is 1. The van der Waals surface area contributed by atoms with Gasteiger partial charge in [-0.05, 0) is 32.9 Å². The molecule has 6 N–H and O–H groups in total. The Labute approximate surface area is 129 Å². The summed E-state index contributed by atoms with van der Waals surface area (Å²) in [5.41, 5.74) is 11.6. The minimum atomic E-state index is -0.633. The molecule has 0 aliphatic heterocycles. The highest BCUT2D eigenvalue weighted by molar-refractivity contribution is 6.34. The molecule has 116 valence electrons. The number of nitrogens with one attached hydrogen (secondary N) is 2. The van der Waals surface area contributed by atoms with Crippen LogP contribution in [0.1, 0.15) is 37.6 Å². The molecule has 1 aromatic rings. The summed E-state index contributed by atoms with van der Waals surface area (Å²) in [4.78, 5) is 23.1. The predicted octanol–water partition coefficient (Wildman–Crippen LogP) is 1.74. The maximum absolute atomic E-state index is 11.7. The van der Waals surface area contributed by atoms with Crippen molar-refractivity contribution in [3.63, 3.8) is 0 Å². The lowest BCUT2D eigenvalue weighted by molar-refractivity contribution is -0.122. The van der Waals surface area contributed by atoms with Crippen LogP contribution in [0.2, 0.25) is 5.02 Å². The minimum absolute atomic E-state index is 0.0952. The highest BCUT2D eigenvalue weighted by Gasteiger charge is 2.15. The van der Waals surface area contributed by atoms with E-state index in [0.29, 0.717) is 22.9 Å². The fourth-order valence-corrected chi connectivity index (χ4v) is 2.08. The predicted molar refractivity (Wildman–Crippen MR) is 85.4 cm³/mol. The van der Waals surface area contributed by atoms with Gasteiger partial charge in [-0.25, -0.2) is 0 Å². The summed E-state index contributed by atoms with van der Waals surface area (Å²) >= 11 is 6.05. The van der Waals surface area contributed by atoms with Gasteiger partial charge in [0.25, 0.3) is 5.91 Å². The molecule has 0 fully saturated rings. The largest absolute Gasteiger partial charge is 0.399 e. The van der Waals surface area contributed by atoms with Gasteiger partial charge in [0.05, 0.1) is 16.3 Å². The molecule has 0 saturated carbocycles. The normalized spacial score (nSPS) is 11.0. The number of hydrogen-bond acceptors (Lipinski definition) is 4. The molecule has 21 heavy (non-hydrogen) atoms. The van der Waals surface area contributed by atoms with Crippen molar-refractivity contribution in [2.75, 3.05) is 17.6 Å². The Morgan fingerprint density at radius 2 is 1.90 bits per heavy atom. The van der Waals surface area contributed by atoms with Crippen molar-refractivity contribution in [2.24, 2.45) is 5.73 Å². The molecule has 6 nitrogen and oxygen atoms in total. The summed E-state index contributed by atoms with van der Waals surface area (Å²) in [5, 5.41) is 6.09. The quantitative estimate of drug-likeness (QED) is 0.621. The molecule has 0 aliphatic carbocycles. The lowest BCUT2D eigenvalue weighted by Gasteiger charge is -2.20. The minimum Gasteiger partial charge on any atom is -0.399 e. The molecular weight excluding hydrogens is 292 g/mol. The summed E-state index contributed by atoms with van der Waals surface area (Å²) in [6, 6.07) is 2.97. The number of nitrogens with two attached hydrogens (primary N) is 2. The van der Waals surface area contributed by atoms with Crippen molar-refractivity contribution in [3.8, 4) is 0 Å². The zero-order chi connectivity index (χ0) is 16.2. The number of carbonyl (C=O) groups excluding carboxylic acids is 2. The van der Waals surface area contributed by atoms with E-state index in [1.807, 2.05) is 20.8 Å². The number of amides is 2. The smallest absolute Gasteiger partial charge is 0.250 e. The van der Waals surface area contributed by atoms with E-state index in [1.165, 1.54) is 12.1 Å². The maximum atomic E-state index is 11.7. The second-order valence-corrected chi connectivity index (χ2v) is 6.17. The van der Waals surface area contributed by atoms with E-state index in [-0.39, 0.29) is 23.4 Å². The summed E-state index contributed by atoms with van der Waals surface area (Å²) < 4.78 is 0. The summed E-state index contributed by atoms with van der Waals surface area (Å²) in [7, 11) is 0. The van der Waals surface area contributed by atoms with Gasteiger partial charge < -0.3 is 22.1 Å². The van der Waals surface area contributed by atoms with Gasteiger partial charge in [0.2, 0.25) is 5.91 Å². The maximum Gasteiger partial charge on any atom is 0.250 e. The van der Waals surface area contributed by atoms with E-state index >= 15 is 0 Å². The van der Waals surface area contributed by atoms with Gasteiger partial charge >= 0.3 is 0 Å². The van der Waals surface area contributed by atoms with Crippen molar-refractivity contribution < 1.29 is 9.59 Å². The standard InChI is InChI=1S/C14H21ClN4O2/c1-14(2,3)19-11(20)4-5-18-12-9(13(17)21)6-8(16)7-10(12)15/h6-7,18H,4-5,16H2,1-3H3,(H2,17,21)(H,19,20). The first-order chi connectivity index (χ1) is 9.60. The molecule has 0 bridgehead atoms. The van der Waals surface area contributed by atoms with E-state index < -0.39 is 5.91 Å². The van der Waals surface area contributed by atoms with Gasteiger partial charge in [-0.1, -0.05) is 11.6 Å². The zero-order valence-electron chi connectivity index (χ0n) is 12.4. The molecule has 1 rings (SSSR count). The number of hydrogen-bond donors (Lipinski definition) is 4. The molecule has 0 unspecified atom stereocenters. The van der Waals surface area contributed by atoms with E-state index in [0.717, 1.165) is 0 Å². The fourth-order valence-electron chi connectivity index (χ4n) is 1.78. The third kappa shape index (κ3) is 5.51. The van der Waals surface area contributed by atoms with E-state index in [4.69, 9.17) is 23.1 Å². The van der Waals surface area contributed by atoms with Crippen molar-refractivity contribution in [2.45, 2.75) is 32.7 Å². The van der Waals surface area contributed by atoms with Crippen LogP contribution in [0.15, 0.2) is 12.1 Å². The third-order valence-electron chi connectivity index (χ3n) is 2.55. The number of carbonyl (C=O) groups is 2. The Balaban J connectivity index is 2.72. The van der Waals surface area contributed by atoms with Crippen LogP contribution in [0.5, 0.6) is 0 Å². The van der Waals surface area contributed by atoms with Gasteiger partial charge in [0.15, 0.2) is 0 Å². The molecule has 0 saturated heterocycles. The average Bonchev–Trinajstić information content (AvgIpc) is 2.28. The van der Waals surface area contributed by atoms with Crippen LogP contribution in [0.4, 0.5) is 11.4 Å². The van der Waals surface area contributed by atoms with E-state index in [9.17, 15) is 9.59 Å². The monoisotopic (exact) mass is 312 g/mol. The molecule has 1 aromatic carbocycles. The third-order valence-corrected chi connectivity index (χ3v) is 2.84. The summed E-state index contributed by atoms with van der Waals surface area (Å²) in [6.07, 6.45) is 0.246. The second kappa shape index (κ2) is 6.67. The molecule has 0 aromatic heterocycles. The molecule has 0 spiro atoms. The van der Waals surface area contributed by atoms with Crippen LogP contribution in [-0.2, 0) is 4.79 Å². The molecule has 7 heteroatoms. The molecule has 0 radical (unpaired) electrons. The summed E-state index contributed by atoms with van der Waals surface area (Å²) in [5.74, 6) is -0.729. The average molecular weight is 313 g/mol. The Bertz CT molecular complexity index is 553. The SMILES string of the molecule is CC(C)(C)NC(=O)CCNc1c(Cl)cc(N)cc1C(N)=O. The molecule has 2 amide bonds. The molecule has 0 atom stereocenters. The molecule has 0 aliphatic rings. The van der Waals surface area contributed by atoms with Gasteiger partial charge in [0.1, 0.15) is 0 Å². The van der Waals surface area contributed by atoms with Gasteiger partial charge in [-0.2, -0.15) is 0 Å². The van der Waals surface area contributed by atoms with Crippen LogP contribution in [0.3, 0.4) is 0 Å². The highest BCUT2D eigenvalue weighted by Crippen LogP contribution is 2.28. The Hall–Kier alpha value is -1.95. The van der Waals surface area contributed by atoms with Gasteiger partial charge in [-0.15, -0.1) is 0 Å². The molecule has 0 heterocycles. The summed E-state index contributed by atoms with van der Waals surface area (Å²) in [6.45, 7) is 6.03. The lowest BCUT2D eigenvalue weighted by atomic mass is 10.1. The number of nitrogen functional groups attached to an aromatic ring is 1. The second-order valence-electron chi connectivity index (χ2n) is 5.76. The van der Waals surface area contributed by atoms with Crippen LogP contribution in [-0.4, -0.2) is 23.9 Å². The first-order valence-electron chi connectivity index (χ1n) is 6.54. The Morgan fingerprint density at radius 1 is 1.29 bits per heavy atom. The number of rotatable bonds is 5. The number of anilines is 2. The highest BCUT2D eigenvalue weighted by atomic mass is 35.5. The van der Waals surface area contributed by atoms with Crippen LogP contribution in [0.25, 0.3) is 0 Å². The van der Waals surface area contributed by atoms with Crippen molar-refractivity contribution >= 4 is 34.8 Å². The van der Waals surface area contributed by atoms with Gasteiger partial charge in [0, 0.05) is 24.2 Å². The van der Waals surface area contributed by atoms with Crippen LogP contribution < -0.4 is 22.1 Å². The molecular formula is C14H21ClN4O2. The van der Waals surface area contributed by atoms with Crippen molar-refractivity contribution in [1.82, 2.24) is 5.32 Å². The van der Waals surface area contributed by atoms with Crippen LogP contribution in [0, 0.1) is 0 Å². The zero-order valence-corrected chi connectivity index (χ0v) is 13.2. The van der Waals surface area contributed by atoms with Gasteiger partial charge in [-0.3, -0.25) is 9.59 Å². The first kappa shape index (κ1) is 17.1. The Kier molecular flexibility index (Phi) is 5.43. The number of primary amides is 1. The van der Waals surface area contributed by atoms with E-state index in [1.54, 1.807) is 0 Å². The lowest BCUT2D eigenvalue weighted by Crippen LogP contribution is -2.41. The van der Waals surface area contributed by atoms with E-state index in [2.05, 4.69) is 10.6 Å². The first-order valence-corrected chi connectivity index (χ1v) is 6.91. The van der Waals surface area contributed by atoms with Crippen molar-refractivity contribution in [1.29, 1.82) is 0 Å². The van der Waals surface area contributed by atoms with Crippen molar-refractivity contribution in [3.05, 3.63) is 22.7 Å². The number of benzene rings is 1. The fraction of sp³-hybridized carbons (Fsp3) is 0.429. The van der Waals surface area contributed by atoms with Crippen LogP contribution >= 0.6 is 11.6 Å². The Morgan fingerprint density at radius 3 is 2.43 bits per heavy atom.